The van der Waals surface area contributed by atoms with Gasteiger partial charge >= 0.3 is 12.3 Å². The predicted octanol–water partition coefficient (Wildman–Crippen LogP) is 3.03. The summed E-state index contributed by atoms with van der Waals surface area (Å²) in [6.45, 7) is 0. The highest BCUT2D eigenvalue weighted by atomic mass is 79.9. The molecule has 0 aliphatic carbocycles. The van der Waals surface area contributed by atoms with E-state index in [0.717, 1.165) is 18.2 Å². The molecule has 1 rings (SSSR count). The van der Waals surface area contributed by atoms with Gasteiger partial charge in [0.1, 0.15) is 0 Å². The normalized spacial score (nSPS) is 11.8. The van der Waals surface area contributed by atoms with Crippen molar-refractivity contribution in [3.05, 3.63) is 28.2 Å². The number of nitrogen functional groups attached to an aromatic ring is 1. The van der Waals surface area contributed by atoms with Gasteiger partial charge in [-0.25, -0.2) is 4.79 Å². The maximum Gasteiger partial charge on any atom is 0.573 e. The van der Waals surface area contributed by atoms with Gasteiger partial charge in [0.05, 0.1) is 5.69 Å². The Balaban J connectivity index is 3.14. The summed E-state index contributed by atoms with van der Waals surface area (Å²) < 4.78 is 40.3. The molecule has 0 saturated heterocycles. The summed E-state index contributed by atoms with van der Waals surface area (Å²) in [6, 6.07) is 2.19. The molecule has 0 aliphatic heterocycles. The molecule has 8 heteroatoms. The lowest BCUT2D eigenvalue weighted by atomic mass is 10.2. The van der Waals surface area contributed by atoms with Gasteiger partial charge in [-0.05, 0) is 23.8 Å². The lowest BCUT2D eigenvalue weighted by molar-refractivity contribution is -0.274. The Labute approximate surface area is 108 Å². The molecule has 0 radical (unpaired) electrons. The number of hydrogen-bond donors (Lipinski definition) is 2. The Morgan fingerprint density at radius 2 is 2.06 bits per heavy atom. The number of hydrogen-bond acceptors (Lipinski definition) is 3. The van der Waals surface area contributed by atoms with Crippen LogP contribution in [0.5, 0.6) is 5.75 Å². The molecule has 0 bridgehead atoms. The monoisotopic (exact) mass is 325 g/mol. The van der Waals surface area contributed by atoms with Crippen molar-refractivity contribution >= 4 is 33.7 Å². The minimum absolute atomic E-state index is 0.200. The average molecular weight is 326 g/mol. The lowest BCUT2D eigenvalue weighted by Crippen LogP contribution is -2.18. The van der Waals surface area contributed by atoms with Crippen LogP contribution in [0.1, 0.15) is 5.56 Å². The molecule has 0 saturated carbocycles. The van der Waals surface area contributed by atoms with Crippen LogP contribution in [-0.4, -0.2) is 17.4 Å². The number of carbonyl (C=O) groups is 1. The van der Waals surface area contributed by atoms with Crippen molar-refractivity contribution in [1.82, 2.24) is 0 Å². The van der Waals surface area contributed by atoms with Gasteiger partial charge in [-0.15, -0.1) is 13.2 Å². The molecule has 3 N–H and O–H groups in total. The summed E-state index contributed by atoms with van der Waals surface area (Å²) in [7, 11) is 0. The third kappa shape index (κ3) is 4.28. The average Bonchev–Trinajstić information content (AvgIpc) is 2.18. The Kier molecular flexibility index (Phi) is 4.23. The number of halogens is 4. The number of carboxylic acid groups (broad SMARTS) is 1. The van der Waals surface area contributed by atoms with Crippen molar-refractivity contribution in [2.45, 2.75) is 6.36 Å². The first-order valence-electron chi connectivity index (χ1n) is 4.45. The summed E-state index contributed by atoms with van der Waals surface area (Å²) in [5.41, 5.74) is 5.34. The molecule has 0 atom stereocenters. The predicted molar refractivity (Wildman–Crippen MR) is 61.9 cm³/mol. The van der Waals surface area contributed by atoms with Gasteiger partial charge in [0.25, 0.3) is 0 Å². The van der Waals surface area contributed by atoms with Gasteiger partial charge in [0.15, 0.2) is 5.75 Å². The van der Waals surface area contributed by atoms with Crippen LogP contribution in [0.25, 0.3) is 6.08 Å². The van der Waals surface area contributed by atoms with Crippen LogP contribution >= 0.6 is 15.9 Å². The zero-order valence-corrected chi connectivity index (χ0v) is 10.2. The molecule has 0 heterocycles. The van der Waals surface area contributed by atoms with Crippen LogP contribution in [0.15, 0.2) is 22.7 Å². The van der Waals surface area contributed by atoms with Gasteiger partial charge in [-0.1, -0.05) is 15.9 Å². The molecule has 1 aromatic rings. The molecule has 0 amide bonds. The summed E-state index contributed by atoms with van der Waals surface area (Å²) >= 11 is 3.05. The number of benzene rings is 1. The highest BCUT2D eigenvalue weighted by molar-refractivity contribution is 9.10. The quantitative estimate of drug-likeness (QED) is 0.661. The minimum atomic E-state index is -4.87. The third-order valence-electron chi connectivity index (χ3n) is 1.76. The second-order valence-corrected chi connectivity index (χ2v) is 3.99. The van der Waals surface area contributed by atoms with E-state index in [4.69, 9.17) is 10.8 Å². The standard InChI is InChI=1S/C10H7BrF3NO3/c11-6-4-7(15)8(18-10(12,13)14)3-5(6)1-2-9(16)17/h1-4H,15H2,(H,16,17)/b2-1+. The van der Waals surface area contributed by atoms with Gasteiger partial charge in [-0.3, -0.25) is 0 Å². The number of alkyl halides is 3. The number of ether oxygens (including phenoxy) is 1. The van der Waals surface area contributed by atoms with Gasteiger partial charge in [0, 0.05) is 10.5 Å². The van der Waals surface area contributed by atoms with E-state index < -0.39 is 18.1 Å². The Morgan fingerprint density at radius 3 is 2.56 bits per heavy atom. The van der Waals surface area contributed by atoms with Crippen LogP contribution in [0.2, 0.25) is 0 Å². The first-order chi connectivity index (χ1) is 8.19. The van der Waals surface area contributed by atoms with E-state index >= 15 is 0 Å². The van der Waals surface area contributed by atoms with Crippen molar-refractivity contribution < 1.29 is 27.8 Å². The molecule has 1 aromatic carbocycles. The first kappa shape index (κ1) is 14.4. The maximum absolute atomic E-state index is 12.1. The van der Waals surface area contributed by atoms with E-state index in [2.05, 4.69) is 20.7 Å². The summed E-state index contributed by atoms with van der Waals surface area (Å²) in [6.07, 6.45) is -2.96. The van der Waals surface area contributed by atoms with Crippen LogP contribution in [0.3, 0.4) is 0 Å². The van der Waals surface area contributed by atoms with E-state index in [1.807, 2.05) is 0 Å². The summed E-state index contributed by atoms with van der Waals surface area (Å²) in [5.74, 6) is -1.81. The van der Waals surface area contributed by atoms with Crippen molar-refractivity contribution in [2.75, 3.05) is 5.73 Å². The molecule has 18 heavy (non-hydrogen) atoms. The fourth-order valence-corrected chi connectivity index (χ4v) is 1.58. The van der Waals surface area contributed by atoms with Crippen molar-refractivity contribution in [1.29, 1.82) is 0 Å². The van der Waals surface area contributed by atoms with Gasteiger partial charge < -0.3 is 15.6 Å². The van der Waals surface area contributed by atoms with E-state index in [1.54, 1.807) is 0 Å². The zero-order valence-electron chi connectivity index (χ0n) is 8.66. The number of rotatable bonds is 3. The molecule has 0 fully saturated rings. The molecular weight excluding hydrogens is 319 g/mol. The zero-order chi connectivity index (χ0) is 13.9. The first-order valence-corrected chi connectivity index (χ1v) is 5.24. The summed E-state index contributed by atoms with van der Waals surface area (Å²) in [5, 5.41) is 8.44. The Hall–Kier alpha value is -1.70. The highest BCUT2D eigenvalue weighted by Crippen LogP contribution is 2.33. The lowest BCUT2D eigenvalue weighted by Gasteiger charge is -2.12. The second kappa shape index (κ2) is 5.30. The molecule has 0 spiro atoms. The van der Waals surface area contributed by atoms with Crippen LogP contribution in [0, 0.1) is 0 Å². The van der Waals surface area contributed by atoms with Gasteiger partial charge in [-0.2, -0.15) is 0 Å². The van der Waals surface area contributed by atoms with Crippen LogP contribution < -0.4 is 10.5 Å². The number of aliphatic carboxylic acids is 1. The Bertz CT molecular complexity index is 500. The third-order valence-corrected chi connectivity index (χ3v) is 2.45. The van der Waals surface area contributed by atoms with Crippen molar-refractivity contribution in [3.8, 4) is 5.75 Å². The number of anilines is 1. The molecule has 0 unspecified atom stereocenters. The fraction of sp³-hybridized carbons (Fsp3) is 0.100. The van der Waals surface area contributed by atoms with Crippen LogP contribution in [0.4, 0.5) is 18.9 Å². The maximum atomic E-state index is 12.1. The molecule has 98 valence electrons. The number of carboxylic acids is 1. The molecule has 0 aliphatic rings. The topological polar surface area (TPSA) is 72.6 Å². The number of nitrogens with two attached hydrogens (primary N) is 1. The SMILES string of the molecule is Nc1cc(Br)c(/C=C/C(=O)O)cc1OC(F)(F)F. The van der Waals surface area contributed by atoms with Crippen molar-refractivity contribution in [3.63, 3.8) is 0 Å². The molecule has 0 aromatic heterocycles. The summed E-state index contributed by atoms with van der Waals surface area (Å²) in [4.78, 5) is 10.3. The largest absolute Gasteiger partial charge is 0.573 e. The Morgan fingerprint density at radius 1 is 1.44 bits per heavy atom. The van der Waals surface area contributed by atoms with Crippen LogP contribution in [-0.2, 0) is 4.79 Å². The van der Waals surface area contributed by atoms with E-state index in [1.165, 1.54) is 6.07 Å². The van der Waals surface area contributed by atoms with Gasteiger partial charge in [0.2, 0.25) is 0 Å². The molecular formula is C10H7BrF3NO3. The second-order valence-electron chi connectivity index (χ2n) is 3.13. The smallest absolute Gasteiger partial charge is 0.478 e. The van der Waals surface area contributed by atoms with E-state index in [9.17, 15) is 18.0 Å². The van der Waals surface area contributed by atoms with E-state index in [0.29, 0.717) is 4.47 Å². The van der Waals surface area contributed by atoms with Crippen molar-refractivity contribution in [2.24, 2.45) is 0 Å². The highest BCUT2D eigenvalue weighted by Gasteiger charge is 2.32. The fourth-order valence-electron chi connectivity index (χ4n) is 1.09. The molecule has 4 nitrogen and oxygen atoms in total. The van der Waals surface area contributed by atoms with E-state index in [-0.39, 0.29) is 11.3 Å². The minimum Gasteiger partial charge on any atom is -0.478 e.